The van der Waals surface area contributed by atoms with E-state index in [4.69, 9.17) is 0 Å². The second-order valence-corrected chi connectivity index (χ2v) is 6.02. The molecule has 3 aromatic heterocycles. The van der Waals surface area contributed by atoms with Gasteiger partial charge in [0.15, 0.2) is 5.65 Å². The molecule has 0 unspecified atom stereocenters. The normalized spacial score (nSPS) is 22.9. The van der Waals surface area contributed by atoms with E-state index in [1.807, 2.05) is 22.9 Å². The highest BCUT2D eigenvalue weighted by atomic mass is 16.1. The first kappa shape index (κ1) is 12.6. The van der Waals surface area contributed by atoms with Gasteiger partial charge < -0.3 is 4.57 Å². The fraction of sp³-hybridized carbons (Fsp3) is 0.438. The molecule has 0 aromatic carbocycles. The lowest BCUT2D eigenvalue weighted by Gasteiger charge is -2.30. The third kappa shape index (κ3) is 1.87. The molecule has 0 aliphatic heterocycles. The van der Waals surface area contributed by atoms with Gasteiger partial charge in [-0.15, -0.1) is 0 Å². The zero-order valence-corrected chi connectivity index (χ0v) is 12.1. The van der Waals surface area contributed by atoms with Crippen LogP contribution in [0.2, 0.25) is 0 Å². The second-order valence-electron chi connectivity index (χ2n) is 6.02. The van der Waals surface area contributed by atoms with E-state index < -0.39 is 0 Å². The van der Waals surface area contributed by atoms with E-state index in [2.05, 4.69) is 17.0 Å². The number of aromatic nitrogens is 4. The van der Waals surface area contributed by atoms with Crippen molar-refractivity contribution in [3.8, 4) is 0 Å². The van der Waals surface area contributed by atoms with Gasteiger partial charge >= 0.3 is 0 Å². The first-order valence-corrected chi connectivity index (χ1v) is 7.59. The number of nitrogens with zero attached hydrogens (tertiary/aromatic N) is 4. The van der Waals surface area contributed by atoms with Crippen molar-refractivity contribution < 1.29 is 0 Å². The molecule has 5 nitrogen and oxygen atoms in total. The minimum Gasteiger partial charge on any atom is -0.312 e. The van der Waals surface area contributed by atoms with Crippen molar-refractivity contribution in [3.63, 3.8) is 0 Å². The molecule has 1 fully saturated rings. The minimum atomic E-state index is 0.0520. The molecule has 0 spiro atoms. The number of hydrogen-bond donors (Lipinski definition) is 0. The molecule has 4 rings (SSSR count). The van der Waals surface area contributed by atoms with Gasteiger partial charge in [-0.3, -0.25) is 4.79 Å². The topological polar surface area (TPSA) is 52.2 Å². The monoisotopic (exact) mass is 282 g/mol. The summed E-state index contributed by atoms with van der Waals surface area (Å²) in [5.41, 5.74) is 1.65. The highest BCUT2D eigenvalue weighted by Gasteiger charge is 2.24. The number of rotatable bonds is 1. The van der Waals surface area contributed by atoms with Gasteiger partial charge in [0.2, 0.25) is 0 Å². The molecular weight excluding hydrogens is 264 g/mol. The van der Waals surface area contributed by atoms with Gasteiger partial charge in [-0.1, -0.05) is 19.8 Å². The lowest BCUT2D eigenvalue weighted by Crippen LogP contribution is -2.30. The van der Waals surface area contributed by atoms with Crippen LogP contribution in [0, 0.1) is 5.92 Å². The van der Waals surface area contributed by atoms with Gasteiger partial charge in [-0.2, -0.15) is 5.10 Å². The van der Waals surface area contributed by atoms with E-state index in [9.17, 15) is 4.79 Å². The van der Waals surface area contributed by atoms with Crippen LogP contribution in [-0.4, -0.2) is 19.2 Å². The molecule has 0 saturated heterocycles. The van der Waals surface area contributed by atoms with Gasteiger partial charge in [-0.25, -0.2) is 9.50 Å². The van der Waals surface area contributed by atoms with Crippen LogP contribution in [0.4, 0.5) is 0 Å². The molecule has 1 saturated carbocycles. The largest absolute Gasteiger partial charge is 0.312 e. The van der Waals surface area contributed by atoms with Crippen LogP contribution < -0.4 is 5.56 Å². The molecule has 3 aromatic rings. The Bertz CT molecular complexity index is 863. The summed E-state index contributed by atoms with van der Waals surface area (Å²) in [6.45, 7) is 2.25. The smallest absolute Gasteiger partial charge is 0.261 e. The Labute approximate surface area is 122 Å². The fourth-order valence-electron chi connectivity index (χ4n) is 3.54. The Morgan fingerprint density at radius 1 is 1.24 bits per heavy atom. The van der Waals surface area contributed by atoms with Crippen molar-refractivity contribution in [2.24, 2.45) is 5.92 Å². The summed E-state index contributed by atoms with van der Waals surface area (Å²) >= 11 is 0. The Morgan fingerprint density at radius 2 is 2.10 bits per heavy atom. The van der Waals surface area contributed by atoms with E-state index in [0.29, 0.717) is 17.3 Å². The molecule has 2 atom stereocenters. The Balaban J connectivity index is 1.93. The number of pyridine rings is 1. The van der Waals surface area contributed by atoms with Crippen LogP contribution in [0.15, 0.2) is 35.5 Å². The summed E-state index contributed by atoms with van der Waals surface area (Å²) in [6, 6.07) is 4.14. The second kappa shape index (κ2) is 4.69. The lowest BCUT2D eigenvalue weighted by molar-refractivity contribution is 0.253. The first-order chi connectivity index (χ1) is 10.3. The maximum Gasteiger partial charge on any atom is 0.261 e. The maximum atomic E-state index is 12.8. The Morgan fingerprint density at radius 3 is 2.95 bits per heavy atom. The van der Waals surface area contributed by atoms with Crippen molar-refractivity contribution in [3.05, 3.63) is 41.1 Å². The molecule has 0 bridgehead atoms. The van der Waals surface area contributed by atoms with E-state index >= 15 is 0 Å². The van der Waals surface area contributed by atoms with Crippen LogP contribution in [0.5, 0.6) is 0 Å². The summed E-state index contributed by atoms with van der Waals surface area (Å²) in [4.78, 5) is 17.1. The minimum absolute atomic E-state index is 0.0520. The maximum absolute atomic E-state index is 12.8. The molecule has 5 heteroatoms. The zero-order chi connectivity index (χ0) is 14.4. The van der Waals surface area contributed by atoms with E-state index in [0.717, 1.165) is 17.6 Å². The van der Waals surface area contributed by atoms with Gasteiger partial charge in [-0.05, 0) is 24.8 Å². The van der Waals surface area contributed by atoms with E-state index in [-0.39, 0.29) is 5.56 Å². The number of hydrogen-bond acceptors (Lipinski definition) is 3. The molecule has 21 heavy (non-hydrogen) atoms. The third-order valence-electron chi connectivity index (χ3n) is 4.73. The highest BCUT2D eigenvalue weighted by molar-refractivity contribution is 5.79. The third-order valence-corrected chi connectivity index (χ3v) is 4.73. The van der Waals surface area contributed by atoms with Crippen molar-refractivity contribution in [1.29, 1.82) is 0 Å². The van der Waals surface area contributed by atoms with Crippen molar-refractivity contribution in [2.45, 2.75) is 38.6 Å². The Hall–Kier alpha value is -2.17. The summed E-state index contributed by atoms with van der Waals surface area (Å²) < 4.78 is 3.63. The van der Waals surface area contributed by atoms with Crippen LogP contribution >= 0.6 is 0 Å². The van der Waals surface area contributed by atoms with Crippen LogP contribution in [0.25, 0.3) is 16.6 Å². The first-order valence-electron chi connectivity index (χ1n) is 7.59. The van der Waals surface area contributed by atoms with Gasteiger partial charge in [0, 0.05) is 24.5 Å². The molecule has 3 heterocycles. The standard InChI is InChI=1S/C16H18N4O/c1-11-4-2-3-5-13(11)19-9-7-14-12(16(19)21)10-17-15-6-8-18-20(14)15/h6-11,13H,2-5H2,1H3/t11-,13+/m1/s1. The average molecular weight is 282 g/mol. The van der Waals surface area contributed by atoms with Crippen LogP contribution in [0.1, 0.15) is 38.6 Å². The predicted octanol–water partition coefficient (Wildman–Crippen LogP) is 2.80. The average Bonchev–Trinajstić information content (AvgIpc) is 2.97. The Kier molecular flexibility index (Phi) is 2.80. The SMILES string of the molecule is C[C@@H]1CCCC[C@@H]1n1ccc2c(cnc3ccnn32)c1=O. The van der Waals surface area contributed by atoms with Gasteiger partial charge in [0.05, 0.1) is 17.1 Å². The van der Waals surface area contributed by atoms with Gasteiger partial charge in [0.1, 0.15) is 0 Å². The number of fused-ring (bicyclic) bond motifs is 3. The quantitative estimate of drug-likeness (QED) is 0.689. The van der Waals surface area contributed by atoms with Crippen LogP contribution in [-0.2, 0) is 0 Å². The van der Waals surface area contributed by atoms with Crippen LogP contribution in [0.3, 0.4) is 0 Å². The zero-order valence-electron chi connectivity index (χ0n) is 12.1. The molecule has 108 valence electrons. The van der Waals surface area contributed by atoms with Crippen molar-refractivity contribution in [2.75, 3.05) is 0 Å². The molecule has 1 aliphatic carbocycles. The summed E-state index contributed by atoms with van der Waals surface area (Å²) in [5.74, 6) is 0.551. The molecule has 1 aliphatic rings. The molecule has 0 N–H and O–H groups in total. The summed E-state index contributed by atoms with van der Waals surface area (Å²) in [6.07, 6.45) is 10.1. The van der Waals surface area contributed by atoms with E-state index in [1.54, 1.807) is 16.9 Å². The van der Waals surface area contributed by atoms with Crippen molar-refractivity contribution >= 4 is 16.6 Å². The summed E-state index contributed by atoms with van der Waals surface area (Å²) in [7, 11) is 0. The highest BCUT2D eigenvalue weighted by Crippen LogP contribution is 2.32. The summed E-state index contributed by atoms with van der Waals surface area (Å²) in [5, 5.41) is 4.90. The predicted molar refractivity (Wildman–Crippen MR) is 81.4 cm³/mol. The molecule has 0 radical (unpaired) electrons. The van der Waals surface area contributed by atoms with Gasteiger partial charge in [0.25, 0.3) is 5.56 Å². The fourth-order valence-corrected chi connectivity index (χ4v) is 3.54. The molecular formula is C16H18N4O. The van der Waals surface area contributed by atoms with Crippen molar-refractivity contribution in [1.82, 2.24) is 19.2 Å². The van der Waals surface area contributed by atoms with E-state index in [1.165, 1.54) is 19.3 Å². The lowest BCUT2D eigenvalue weighted by atomic mass is 9.85. The molecule has 0 amide bonds.